The lowest BCUT2D eigenvalue weighted by Gasteiger charge is -2.43. The van der Waals surface area contributed by atoms with Crippen molar-refractivity contribution in [1.29, 1.82) is 0 Å². The van der Waals surface area contributed by atoms with E-state index in [1.807, 2.05) is 91.0 Å². The van der Waals surface area contributed by atoms with Crippen molar-refractivity contribution in [2.24, 2.45) is 0 Å². The number of carbonyl (C=O) groups is 3. The maximum atomic E-state index is 14.0. The number of urea groups is 1. The van der Waals surface area contributed by atoms with Crippen LogP contribution in [-0.4, -0.2) is 71.4 Å². The van der Waals surface area contributed by atoms with Gasteiger partial charge in [-0.05, 0) is 36.1 Å². The van der Waals surface area contributed by atoms with Crippen molar-refractivity contribution in [3.8, 4) is 0 Å². The molecule has 0 saturated carbocycles. The Hall–Kier alpha value is -4.33. The number of piperidine rings is 1. The third-order valence-corrected chi connectivity index (χ3v) is 7.76. The molecule has 2 fully saturated rings. The summed E-state index contributed by atoms with van der Waals surface area (Å²) < 4.78 is 0. The molecule has 4 amide bonds. The summed E-state index contributed by atoms with van der Waals surface area (Å²) in [6.45, 7) is 2.24. The predicted molar refractivity (Wildman–Crippen MR) is 151 cm³/mol. The lowest BCUT2D eigenvalue weighted by atomic mass is 9.85. The van der Waals surface area contributed by atoms with Gasteiger partial charge < -0.3 is 24.9 Å². The van der Waals surface area contributed by atoms with Crippen LogP contribution >= 0.6 is 0 Å². The predicted octanol–water partition coefficient (Wildman–Crippen LogP) is 3.70. The van der Waals surface area contributed by atoms with Crippen molar-refractivity contribution < 1.29 is 14.4 Å². The molecule has 0 radical (unpaired) electrons. The zero-order valence-corrected chi connectivity index (χ0v) is 22.3. The minimum atomic E-state index is -0.782. The van der Waals surface area contributed by atoms with Gasteiger partial charge in [0.1, 0.15) is 12.1 Å². The van der Waals surface area contributed by atoms with Crippen molar-refractivity contribution in [3.05, 3.63) is 102 Å². The molecule has 8 heteroatoms. The van der Waals surface area contributed by atoms with Gasteiger partial charge in [-0.2, -0.15) is 0 Å². The van der Waals surface area contributed by atoms with E-state index in [0.717, 1.165) is 16.8 Å². The molecule has 3 aromatic rings. The Bertz CT molecular complexity index is 1280. The van der Waals surface area contributed by atoms with Crippen LogP contribution in [0.15, 0.2) is 91.0 Å². The molecule has 3 aromatic carbocycles. The van der Waals surface area contributed by atoms with Gasteiger partial charge in [0.05, 0.1) is 6.67 Å². The second kappa shape index (κ2) is 11.6. The number of rotatable bonds is 7. The van der Waals surface area contributed by atoms with Crippen LogP contribution in [0.5, 0.6) is 0 Å². The van der Waals surface area contributed by atoms with Crippen LogP contribution in [-0.2, 0) is 22.7 Å². The fourth-order valence-electron chi connectivity index (χ4n) is 5.52. The smallest absolute Gasteiger partial charge is 0.317 e. The lowest BCUT2D eigenvalue weighted by molar-refractivity contribution is -0.140. The number of hydrogen-bond donors (Lipinski definition) is 1. The van der Waals surface area contributed by atoms with Crippen LogP contribution in [0.25, 0.3) is 0 Å². The van der Waals surface area contributed by atoms with Gasteiger partial charge in [-0.15, -0.1) is 0 Å². The van der Waals surface area contributed by atoms with Gasteiger partial charge in [0.2, 0.25) is 5.91 Å². The maximum absolute atomic E-state index is 14.0. The molecule has 2 saturated heterocycles. The quantitative estimate of drug-likeness (QED) is 0.511. The first-order chi connectivity index (χ1) is 19.0. The first-order valence-corrected chi connectivity index (χ1v) is 13.4. The summed E-state index contributed by atoms with van der Waals surface area (Å²) in [5, 5.41) is 3.00. The van der Waals surface area contributed by atoms with Crippen LogP contribution in [0.4, 0.5) is 10.5 Å². The van der Waals surface area contributed by atoms with E-state index < -0.39 is 5.54 Å². The van der Waals surface area contributed by atoms with Crippen molar-refractivity contribution in [3.63, 3.8) is 0 Å². The van der Waals surface area contributed by atoms with E-state index in [0.29, 0.717) is 45.7 Å². The number of nitrogens with zero attached hydrogens (tertiary/aromatic N) is 4. The summed E-state index contributed by atoms with van der Waals surface area (Å²) in [5.41, 5.74) is 2.25. The fourth-order valence-corrected chi connectivity index (χ4v) is 5.52. The van der Waals surface area contributed by atoms with Gasteiger partial charge in [-0.1, -0.05) is 78.9 Å². The van der Waals surface area contributed by atoms with Crippen LogP contribution in [0.2, 0.25) is 0 Å². The van der Waals surface area contributed by atoms with Crippen molar-refractivity contribution >= 4 is 23.5 Å². The average molecular weight is 526 g/mol. The summed E-state index contributed by atoms with van der Waals surface area (Å²) in [6.07, 6.45) is 1.01. The van der Waals surface area contributed by atoms with E-state index >= 15 is 0 Å². The standard InChI is InChI=1S/C31H35N5O3/c1-33(22-26-13-7-3-8-14-26)28(37)23-35-24-36(27-15-9-4-10-16-27)31(29(35)38)17-19-34(20-18-31)30(39)32-21-25-11-5-2-6-12-25/h2-16H,17-24H2,1H3,(H,32,39). The Balaban J connectivity index is 1.26. The van der Waals surface area contributed by atoms with Gasteiger partial charge in [0.25, 0.3) is 5.91 Å². The number of nitrogens with one attached hydrogen (secondary N) is 1. The number of amides is 4. The number of likely N-dealkylation sites (N-methyl/N-ethyl adjacent to an activating group) is 1. The summed E-state index contributed by atoms with van der Waals surface area (Å²) in [4.78, 5) is 47.3. The largest absolute Gasteiger partial charge is 0.340 e. The van der Waals surface area contributed by atoms with E-state index in [9.17, 15) is 14.4 Å². The summed E-state index contributed by atoms with van der Waals surface area (Å²) in [6, 6.07) is 29.4. The molecule has 8 nitrogen and oxygen atoms in total. The second-order valence-electron chi connectivity index (χ2n) is 10.3. The highest BCUT2D eigenvalue weighted by atomic mass is 16.2. The van der Waals surface area contributed by atoms with E-state index in [4.69, 9.17) is 0 Å². The molecule has 202 valence electrons. The maximum Gasteiger partial charge on any atom is 0.317 e. The van der Waals surface area contributed by atoms with E-state index in [2.05, 4.69) is 10.2 Å². The highest BCUT2D eigenvalue weighted by Gasteiger charge is 2.54. The van der Waals surface area contributed by atoms with E-state index in [-0.39, 0.29) is 24.4 Å². The Kier molecular flexibility index (Phi) is 7.81. The van der Waals surface area contributed by atoms with Crippen molar-refractivity contribution in [2.75, 3.05) is 38.3 Å². The fraction of sp³-hybridized carbons (Fsp3) is 0.323. The van der Waals surface area contributed by atoms with Crippen molar-refractivity contribution in [2.45, 2.75) is 31.5 Å². The van der Waals surface area contributed by atoms with Gasteiger partial charge in [0.15, 0.2) is 0 Å². The molecule has 1 spiro atoms. The first-order valence-electron chi connectivity index (χ1n) is 13.4. The minimum Gasteiger partial charge on any atom is -0.340 e. The molecule has 0 bridgehead atoms. The molecule has 2 aliphatic heterocycles. The Labute approximate surface area is 229 Å². The highest BCUT2D eigenvalue weighted by molar-refractivity contribution is 5.96. The summed E-state index contributed by atoms with van der Waals surface area (Å²) in [5.74, 6) is -0.146. The molecular weight excluding hydrogens is 490 g/mol. The zero-order valence-electron chi connectivity index (χ0n) is 22.3. The molecule has 0 aromatic heterocycles. The highest BCUT2D eigenvalue weighted by Crippen LogP contribution is 2.39. The molecule has 39 heavy (non-hydrogen) atoms. The van der Waals surface area contributed by atoms with Gasteiger partial charge >= 0.3 is 6.03 Å². The van der Waals surface area contributed by atoms with Gasteiger partial charge in [-0.25, -0.2) is 4.79 Å². The van der Waals surface area contributed by atoms with Crippen LogP contribution < -0.4 is 10.2 Å². The lowest BCUT2D eigenvalue weighted by Crippen LogP contribution is -2.58. The molecule has 2 aliphatic rings. The number of hydrogen-bond acceptors (Lipinski definition) is 4. The third-order valence-electron chi connectivity index (χ3n) is 7.76. The Morgan fingerprint density at radius 3 is 2.03 bits per heavy atom. The number of para-hydroxylation sites is 1. The second-order valence-corrected chi connectivity index (χ2v) is 10.3. The first kappa shape index (κ1) is 26.3. The monoisotopic (exact) mass is 525 g/mol. The molecule has 0 unspecified atom stereocenters. The number of likely N-dealkylation sites (tertiary alicyclic amines) is 1. The Morgan fingerprint density at radius 1 is 0.846 bits per heavy atom. The van der Waals surface area contributed by atoms with E-state index in [1.165, 1.54) is 0 Å². The van der Waals surface area contributed by atoms with Gasteiger partial charge in [0, 0.05) is 38.9 Å². The minimum absolute atomic E-state index is 0.0223. The molecule has 0 atom stereocenters. The molecular formula is C31H35N5O3. The Morgan fingerprint density at radius 2 is 1.41 bits per heavy atom. The van der Waals surface area contributed by atoms with Crippen LogP contribution in [0, 0.1) is 0 Å². The van der Waals surface area contributed by atoms with E-state index in [1.54, 1.807) is 21.7 Å². The molecule has 0 aliphatic carbocycles. The normalized spacial score (nSPS) is 16.4. The van der Waals surface area contributed by atoms with Crippen LogP contribution in [0.3, 0.4) is 0 Å². The molecule has 1 N–H and O–H groups in total. The zero-order chi connectivity index (χ0) is 27.2. The summed E-state index contributed by atoms with van der Waals surface area (Å²) in [7, 11) is 1.77. The number of anilines is 1. The van der Waals surface area contributed by atoms with Crippen LogP contribution in [0.1, 0.15) is 24.0 Å². The number of benzene rings is 3. The average Bonchev–Trinajstić information content (AvgIpc) is 3.24. The molecule has 5 rings (SSSR count). The van der Waals surface area contributed by atoms with Crippen molar-refractivity contribution in [1.82, 2.24) is 20.0 Å². The topological polar surface area (TPSA) is 76.2 Å². The molecule has 2 heterocycles. The third kappa shape index (κ3) is 5.74. The summed E-state index contributed by atoms with van der Waals surface area (Å²) >= 11 is 0. The van der Waals surface area contributed by atoms with Gasteiger partial charge in [-0.3, -0.25) is 9.59 Å². The number of carbonyl (C=O) groups excluding carboxylic acids is 3. The SMILES string of the molecule is CN(Cc1ccccc1)C(=O)CN1CN(c2ccccc2)C2(CCN(C(=O)NCc3ccccc3)CC2)C1=O.